The van der Waals surface area contributed by atoms with Crippen molar-refractivity contribution in [2.75, 3.05) is 6.54 Å². The smallest absolute Gasteiger partial charge is 0.326 e. The lowest BCUT2D eigenvalue weighted by atomic mass is 10.0. The van der Waals surface area contributed by atoms with Crippen LogP contribution in [0.2, 0.25) is 0 Å². The molecule has 0 radical (unpaired) electrons. The lowest BCUT2D eigenvalue weighted by Gasteiger charge is -2.13. The van der Waals surface area contributed by atoms with E-state index >= 15 is 0 Å². The molecule has 8 heteroatoms. The minimum Gasteiger partial charge on any atom is -0.453 e. The first kappa shape index (κ1) is 20.2. The number of Topliss-reactive ketones (excluding diaryl/α,β-unsaturated/α-hetero) is 1. The summed E-state index contributed by atoms with van der Waals surface area (Å²) in [5.74, 6) is -1.73. The number of ether oxygens (including phenoxy) is 1. The molecule has 2 aromatic carbocycles. The van der Waals surface area contributed by atoms with Crippen molar-refractivity contribution in [1.29, 1.82) is 0 Å². The largest absolute Gasteiger partial charge is 0.453 e. The number of aryl methyl sites for hydroxylation is 2. The third kappa shape index (κ3) is 4.84. The lowest BCUT2D eigenvalue weighted by Crippen LogP contribution is -2.34. The Morgan fingerprint density at radius 1 is 1.10 bits per heavy atom. The van der Waals surface area contributed by atoms with Gasteiger partial charge in [-0.25, -0.2) is 0 Å². The van der Waals surface area contributed by atoms with E-state index in [1.54, 1.807) is 6.07 Å². The van der Waals surface area contributed by atoms with Crippen LogP contribution in [0.3, 0.4) is 0 Å². The number of hydrogen-bond acceptors (Lipinski definition) is 6. The molecule has 0 saturated heterocycles. The van der Waals surface area contributed by atoms with Crippen LogP contribution in [0.4, 0.5) is 5.69 Å². The number of ketones is 1. The van der Waals surface area contributed by atoms with E-state index in [4.69, 9.17) is 4.74 Å². The summed E-state index contributed by atoms with van der Waals surface area (Å²) in [4.78, 5) is 46.7. The van der Waals surface area contributed by atoms with Crippen molar-refractivity contribution in [3.05, 3.63) is 74.8 Å². The van der Waals surface area contributed by atoms with Crippen molar-refractivity contribution in [3.63, 3.8) is 0 Å². The number of nitrogens with one attached hydrogen (secondary N) is 1. The van der Waals surface area contributed by atoms with E-state index in [9.17, 15) is 24.5 Å². The van der Waals surface area contributed by atoms with Crippen LogP contribution in [0, 0.1) is 10.1 Å². The third-order valence-electron chi connectivity index (χ3n) is 4.77. The first-order valence-corrected chi connectivity index (χ1v) is 9.23. The zero-order valence-corrected chi connectivity index (χ0v) is 15.8. The molecule has 0 spiro atoms. The molecule has 29 heavy (non-hydrogen) atoms. The topological polar surface area (TPSA) is 116 Å². The molecular formula is C21H20N2O6. The van der Waals surface area contributed by atoms with Gasteiger partial charge in [0, 0.05) is 23.3 Å². The van der Waals surface area contributed by atoms with Gasteiger partial charge in [-0.05, 0) is 49.4 Å². The second-order valence-corrected chi connectivity index (χ2v) is 6.82. The van der Waals surface area contributed by atoms with Crippen LogP contribution in [0.25, 0.3) is 0 Å². The number of amides is 1. The van der Waals surface area contributed by atoms with Crippen LogP contribution in [-0.4, -0.2) is 35.2 Å². The molecule has 1 aliphatic carbocycles. The fourth-order valence-corrected chi connectivity index (χ4v) is 3.27. The highest BCUT2D eigenvalue weighted by atomic mass is 16.6. The zero-order chi connectivity index (χ0) is 21.0. The fraction of sp³-hybridized carbons (Fsp3) is 0.286. The van der Waals surface area contributed by atoms with Gasteiger partial charge in [0.05, 0.1) is 4.92 Å². The minimum absolute atomic E-state index is 0.0502. The molecule has 0 saturated carbocycles. The molecule has 1 aliphatic rings. The Hall–Kier alpha value is -3.55. The van der Waals surface area contributed by atoms with E-state index in [-0.39, 0.29) is 17.0 Å². The summed E-state index contributed by atoms with van der Waals surface area (Å²) < 4.78 is 5.12. The van der Waals surface area contributed by atoms with E-state index in [1.807, 2.05) is 12.1 Å². The highest BCUT2D eigenvalue weighted by molar-refractivity contribution is 6.01. The maximum atomic E-state index is 12.5. The van der Waals surface area contributed by atoms with Crippen LogP contribution in [0.5, 0.6) is 0 Å². The van der Waals surface area contributed by atoms with Gasteiger partial charge >= 0.3 is 5.97 Å². The first-order chi connectivity index (χ1) is 13.8. The van der Waals surface area contributed by atoms with Crippen molar-refractivity contribution in [2.24, 2.45) is 0 Å². The van der Waals surface area contributed by atoms with Crippen LogP contribution < -0.4 is 5.32 Å². The Bertz CT molecular complexity index is 985. The molecule has 0 fully saturated rings. The number of carbonyl (C=O) groups excluding carboxylic acids is 3. The number of carbonyl (C=O) groups is 3. The summed E-state index contributed by atoms with van der Waals surface area (Å²) in [7, 11) is 0. The molecule has 2 aromatic rings. The molecule has 1 atom stereocenters. The Kier molecular flexibility index (Phi) is 6.01. The average molecular weight is 396 g/mol. The third-order valence-corrected chi connectivity index (χ3v) is 4.77. The van der Waals surface area contributed by atoms with E-state index < -0.39 is 29.4 Å². The number of nitro groups is 1. The summed E-state index contributed by atoms with van der Waals surface area (Å²) in [6, 6.07) is 10.7. The molecule has 1 amide bonds. The molecule has 3 rings (SSSR count). The van der Waals surface area contributed by atoms with Crippen molar-refractivity contribution in [1.82, 2.24) is 5.32 Å². The Balaban J connectivity index is 1.53. The monoisotopic (exact) mass is 396 g/mol. The molecule has 1 N–H and O–H groups in total. The number of fused-ring (bicyclic) bond motifs is 1. The molecule has 150 valence electrons. The van der Waals surface area contributed by atoms with Crippen LogP contribution in [0.1, 0.15) is 45.2 Å². The summed E-state index contributed by atoms with van der Waals surface area (Å²) in [6.07, 6.45) is 2.03. The fourth-order valence-electron chi connectivity index (χ4n) is 3.27. The second kappa shape index (κ2) is 8.64. The summed E-state index contributed by atoms with van der Waals surface area (Å²) in [6.45, 7) is 1.03. The summed E-state index contributed by atoms with van der Waals surface area (Å²) in [5.41, 5.74) is 2.71. The van der Waals surface area contributed by atoms with Gasteiger partial charge in [0.2, 0.25) is 5.78 Å². The van der Waals surface area contributed by atoms with E-state index in [0.717, 1.165) is 30.9 Å². The second-order valence-electron chi connectivity index (χ2n) is 6.82. The Labute approximate surface area is 167 Å². The number of rotatable bonds is 7. The summed E-state index contributed by atoms with van der Waals surface area (Å²) in [5, 5.41) is 13.1. The minimum atomic E-state index is -0.989. The van der Waals surface area contributed by atoms with Crippen LogP contribution >= 0.6 is 0 Å². The molecule has 0 aromatic heterocycles. The van der Waals surface area contributed by atoms with E-state index in [1.165, 1.54) is 30.7 Å². The maximum absolute atomic E-state index is 12.5. The normalized spacial score (nSPS) is 13.3. The standard InChI is InChI=1S/C21H20N2O6/c1-13(20(25)16-9-8-14-4-2-5-15(14)10-16)29-19(24)12-22-21(26)17-6-3-7-18(11-17)23(27)28/h3,6-11,13H,2,4-5,12H2,1H3,(H,22,26)/t13-/m0/s1. The number of benzene rings is 2. The highest BCUT2D eigenvalue weighted by Crippen LogP contribution is 2.23. The lowest BCUT2D eigenvalue weighted by molar-refractivity contribution is -0.384. The van der Waals surface area contributed by atoms with Crippen molar-refractivity contribution >= 4 is 23.3 Å². The predicted molar refractivity (Wildman–Crippen MR) is 104 cm³/mol. The average Bonchev–Trinajstić information content (AvgIpc) is 3.19. The number of nitro benzene ring substituents is 1. The van der Waals surface area contributed by atoms with Crippen LogP contribution in [0.15, 0.2) is 42.5 Å². The Morgan fingerprint density at radius 2 is 1.86 bits per heavy atom. The predicted octanol–water partition coefficient (Wildman–Crippen LogP) is 2.63. The molecular weight excluding hydrogens is 376 g/mol. The van der Waals surface area contributed by atoms with E-state index in [0.29, 0.717) is 5.56 Å². The van der Waals surface area contributed by atoms with Gasteiger partial charge in [0.15, 0.2) is 6.10 Å². The van der Waals surface area contributed by atoms with Gasteiger partial charge in [-0.2, -0.15) is 0 Å². The van der Waals surface area contributed by atoms with Gasteiger partial charge in [-0.15, -0.1) is 0 Å². The van der Waals surface area contributed by atoms with E-state index in [2.05, 4.69) is 5.32 Å². The molecule has 0 bridgehead atoms. The van der Waals surface area contributed by atoms with Crippen molar-refractivity contribution in [3.8, 4) is 0 Å². The number of non-ortho nitro benzene ring substituents is 1. The summed E-state index contributed by atoms with van der Waals surface area (Å²) >= 11 is 0. The van der Waals surface area contributed by atoms with Gasteiger partial charge < -0.3 is 10.1 Å². The van der Waals surface area contributed by atoms with Crippen molar-refractivity contribution in [2.45, 2.75) is 32.3 Å². The highest BCUT2D eigenvalue weighted by Gasteiger charge is 2.22. The molecule has 0 unspecified atom stereocenters. The van der Waals surface area contributed by atoms with Gasteiger partial charge in [0.25, 0.3) is 11.6 Å². The molecule has 0 heterocycles. The number of esters is 1. The maximum Gasteiger partial charge on any atom is 0.326 e. The van der Waals surface area contributed by atoms with Gasteiger partial charge in [0.1, 0.15) is 6.54 Å². The Morgan fingerprint density at radius 3 is 2.62 bits per heavy atom. The SMILES string of the molecule is C[C@H](OC(=O)CNC(=O)c1cccc([N+](=O)[O-])c1)C(=O)c1ccc2c(c1)CCC2. The number of nitrogens with zero attached hydrogens (tertiary/aromatic N) is 1. The van der Waals surface area contributed by atoms with Crippen molar-refractivity contribution < 1.29 is 24.0 Å². The number of hydrogen-bond donors (Lipinski definition) is 1. The first-order valence-electron chi connectivity index (χ1n) is 9.23. The molecule has 8 nitrogen and oxygen atoms in total. The van der Waals surface area contributed by atoms with Crippen LogP contribution in [-0.2, 0) is 22.4 Å². The zero-order valence-electron chi connectivity index (χ0n) is 15.8. The quantitative estimate of drug-likeness (QED) is 0.333. The molecule has 0 aliphatic heterocycles. The van der Waals surface area contributed by atoms with Gasteiger partial charge in [-0.3, -0.25) is 24.5 Å². The van der Waals surface area contributed by atoms with Gasteiger partial charge in [-0.1, -0.05) is 18.2 Å².